The van der Waals surface area contributed by atoms with Crippen LogP contribution in [-0.2, 0) is 15.8 Å². The number of hydrogen-bond donors (Lipinski definition) is 3. The SMILES string of the molecule is C[C@]1(C(N)=O)COc2c1cc([C@@](O)(CNC(=O)c1cc(OC3CC3)n3nc(C4CC4)cc3c1)c1ccccc1)nc2-c1cc(Cl)c(F)cc1F. The maximum atomic E-state index is 15.4. The minimum Gasteiger partial charge on any atom is -0.489 e. The van der Waals surface area contributed by atoms with Gasteiger partial charge in [-0.15, -0.1) is 0 Å². The van der Waals surface area contributed by atoms with E-state index >= 15 is 4.39 Å². The van der Waals surface area contributed by atoms with Gasteiger partial charge in [0.05, 0.1) is 28.5 Å². The number of nitrogens with one attached hydrogen (secondary N) is 1. The Labute approximate surface area is 290 Å². The minimum absolute atomic E-state index is 0.0407. The van der Waals surface area contributed by atoms with Gasteiger partial charge in [-0.1, -0.05) is 41.9 Å². The van der Waals surface area contributed by atoms with Crippen molar-refractivity contribution in [1.82, 2.24) is 19.9 Å². The van der Waals surface area contributed by atoms with Crippen LogP contribution in [0.15, 0.2) is 66.7 Å². The molecule has 8 rings (SSSR count). The molecule has 2 aliphatic carbocycles. The molecule has 3 aliphatic rings. The number of aliphatic hydroxyl groups is 1. The van der Waals surface area contributed by atoms with Crippen LogP contribution < -0.4 is 20.5 Å². The van der Waals surface area contributed by atoms with Gasteiger partial charge in [0.15, 0.2) is 0 Å². The molecular formula is C37H32ClF2N5O5. The normalized spacial score (nSPS) is 19.5. The molecule has 5 aromatic rings. The molecule has 0 unspecified atom stereocenters. The summed E-state index contributed by atoms with van der Waals surface area (Å²) in [5, 5.41) is 19.8. The highest BCUT2D eigenvalue weighted by atomic mass is 35.5. The van der Waals surface area contributed by atoms with E-state index in [4.69, 9.17) is 31.9 Å². The van der Waals surface area contributed by atoms with Crippen LogP contribution in [0.25, 0.3) is 16.8 Å². The molecule has 2 saturated carbocycles. The number of ether oxygens (including phenoxy) is 2. The van der Waals surface area contributed by atoms with E-state index in [1.807, 2.05) is 6.07 Å². The van der Waals surface area contributed by atoms with Gasteiger partial charge in [0, 0.05) is 34.7 Å². The third-order valence-electron chi connectivity index (χ3n) is 9.68. The van der Waals surface area contributed by atoms with Crippen molar-refractivity contribution in [3.05, 3.63) is 111 Å². The second-order valence-corrected chi connectivity index (χ2v) is 13.9. The van der Waals surface area contributed by atoms with Gasteiger partial charge in [-0.2, -0.15) is 5.10 Å². The first-order valence-corrected chi connectivity index (χ1v) is 16.7. The Morgan fingerprint density at radius 3 is 2.56 bits per heavy atom. The quantitative estimate of drug-likeness (QED) is 0.163. The van der Waals surface area contributed by atoms with Crippen molar-refractivity contribution in [2.75, 3.05) is 13.2 Å². The average molecular weight is 700 g/mol. The van der Waals surface area contributed by atoms with Crippen molar-refractivity contribution < 1.29 is 33.0 Å². The van der Waals surface area contributed by atoms with E-state index in [0.717, 1.165) is 37.4 Å². The van der Waals surface area contributed by atoms with Crippen molar-refractivity contribution >= 4 is 28.9 Å². The maximum absolute atomic E-state index is 15.4. The van der Waals surface area contributed by atoms with Crippen LogP contribution in [0, 0.1) is 11.6 Å². The first-order chi connectivity index (χ1) is 23.9. The van der Waals surface area contributed by atoms with Crippen molar-refractivity contribution in [2.45, 2.75) is 55.6 Å². The first-order valence-electron chi connectivity index (χ1n) is 16.3. The van der Waals surface area contributed by atoms with Crippen molar-refractivity contribution in [3.8, 4) is 22.9 Å². The van der Waals surface area contributed by atoms with E-state index in [0.29, 0.717) is 34.5 Å². The summed E-state index contributed by atoms with van der Waals surface area (Å²) in [7, 11) is 0. The molecule has 4 N–H and O–H groups in total. The van der Waals surface area contributed by atoms with Gasteiger partial charge in [-0.3, -0.25) is 9.59 Å². The number of carbonyl (C=O) groups excluding carboxylic acids is 2. The number of aromatic nitrogens is 3. The summed E-state index contributed by atoms with van der Waals surface area (Å²) in [5.74, 6) is -2.30. The third kappa shape index (κ3) is 5.52. The van der Waals surface area contributed by atoms with Gasteiger partial charge in [0.1, 0.15) is 46.8 Å². The van der Waals surface area contributed by atoms with E-state index in [9.17, 15) is 19.1 Å². The summed E-state index contributed by atoms with van der Waals surface area (Å²) in [6, 6.07) is 16.9. The lowest BCUT2D eigenvalue weighted by atomic mass is 9.80. The highest BCUT2D eigenvalue weighted by Gasteiger charge is 2.46. The molecule has 0 radical (unpaired) electrons. The number of carbonyl (C=O) groups is 2. The maximum Gasteiger partial charge on any atom is 0.251 e. The molecule has 0 spiro atoms. The van der Waals surface area contributed by atoms with E-state index < -0.39 is 41.0 Å². The fraction of sp³-hybridized carbons (Fsp3) is 0.297. The van der Waals surface area contributed by atoms with Gasteiger partial charge in [-0.05, 0) is 62.4 Å². The molecule has 1 aliphatic heterocycles. The number of nitrogens with zero attached hydrogens (tertiary/aromatic N) is 3. The lowest BCUT2D eigenvalue weighted by Crippen LogP contribution is -2.43. The molecule has 4 heterocycles. The number of primary amides is 1. The number of fused-ring (bicyclic) bond motifs is 2. The van der Waals surface area contributed by atoms with Crippen LogP contribution in [0.2, 0.25) is 5.02 Å². The van der Waals surface area contributed by atoms with Crippen LogP contribution in [0.5, 0.6) is 11.6 Å². The fourth-order valence-corrected chi connectivity index (χ4v) is 6.45. The molecule has 10 nitrogen and oxygen atoms in total. The first kappa shape index (κ1) is 32.2. The summed E-state index contributed by atoms with van der Waals surface area (Å²) >= 11 is 6.06. The van der Waals surface area contributed by atoms with Gasteiger partial charge in [-0.25, -0.2) is 18.3 Å². The van der Waals surface area contributed by atoms with Crippen molar-refractivity contribution in [1.29, 1.82) is 0 Å². The molecule has 0 bridgehead atoms. The third-order valence-corrected chi connectivity index (χ3v) is 9.97. The number of hydrogen-bond acceptors (Lipinski definition) is 7. The second kappa shape index (κ2) is 11.8. The number of halogens is 3. The van der Waals surface area contributed by atoms with E-state index in [1.54, 1.807) is 53.9 Å². The molecule has 2 atom stereocenters. The zero-order valence-electron chi connectivity index (χ0n) is 26.9. The molecule has 50 heavy (non-hydrogen) atoms. The van der Waals surface area contributed by atoms with Gasteiger partial charge in [0.2, 0.25) is 11.8 Å². The lowest BCUT2D eigenvalue weighted by molar-refractivity contribution is -0.123. The van der Waals surface area contributed by atoms with Gasteiger partial charge >= 0.3 is 0 Å². The number of nitrogens with two attached hydrogens (primary N) is 1. The summed E-state index contributed by atoms with van der Waals surface area (Å²) < 4.78 is 43.3. The van der Waals surface area contributed by atoms with Crippen LogP contribution in [0.3, 0.4) is 0 Å². The number of amides is 2. The summed E-state index contributed by atoms with van der Waals surface area (Å²) in [4.78, 5) is 31.3. The summed E-state index contributed by atoms with van der Waals surface area (Å²) in [6.45, 7) is 0.991. The predicted octanol–water partition coefficient (Wildman–Crippen LogP) is 5.55. The molecule has 2 aromatic carbocycles. The molecule has 256 valence electrons. The Morgan fingerprint density at radius 1 is 1.10 bits per heavy atom. The standard InChI is InChI=1S/C37H32ClF2N5O5/c1-36(35(41)47)18-49-33-25(36)15-30(43-32(33)24-14-26(38)28(40)16-27(24)39)37(48,21-5-3-2-4-6-21)17-42-34(46)20-11-22-13-29(19-7-8-19)44-45(22)31(12-20)50-23-9-10-23/h2-6,11-16,19,23,48H,7-10,17-18H2,1H3,(H2,41,47)(H,42,46)/t36-,37+/m0/s1. The van der Waals surface area contributed by atoms with E-state index in [2.05, 4.69) is 10.3 Å². The zero-order chi connectivity index (χ0) is 34.9. The number of benzene rings is 2. The highest BCUT2D eigenvalue weighted by Crippen LogP contribution is 2.47. The minimum atomic E-state index is -2.03. The molecular weight excluding hydrogens is 668 g/mol. The van der Waals surface area contributed by atoms with Crippen LogP contribution in [-0.4, -0.2) is 50.8 Å². The highest BCUT2D eigenvalue weighted by molar-refractivity contribution is 6.31. The zero-order valence-corrected chi connectivity index (χ0v) is 27.6. The molecule has 2 amide bonds. The lowest BCUT2D eigenvalue weighted by Gasteiger charge is -2.30. The van der Waals surface area contributed by atoms with Gasteiger partial charge in [0.25, 0.3) is 5.91 Å². The average Bonchev–Trinajstić information content (AvgIpc) is 4.05. The fourth-order valence-electron chi connectivity index (χ4n) is 6.29. The monoisotopic (exact) mass is 699 g/mol. The Kier molecular flexibility index (Phi) is 7.57. The van der Waals surface area contributed by atoms with Gasteiger partial charge < -0.3 is 25.6 Å². The smallest absolute Gasteiger partial charge is 0.251 e. The molecule has 13 heteroatoms. The Morgan fingerprint density at radius 2 is 1.86 bits per heavy atom. The summed E-state index contributed by atoms with van der Waals surface area (Å²) in [6.07, 6.45) is 4.03. The molecule has 2 fully saturated rings. The predicted molar refractivity (Wildman–Crippen MR) is 179 cm³/mol. The molecule has 3 aromatic heterocycles. The summed E-state index contributed by atoms with van der Waals surface area (Å²) in [5.41, 5.74) is 4.56. The van der Waals surface area contributed by atoms with Crippen molar-refractivity contribution in [2.24, 2.45) is 5.73 Å². The van der Waals surface area contributed by atoms with Crippen LogP contribution in [0.1, 0.15) is 71.4 Å². The van der Waals surface area contributed by atoms with Crippen LogP contribution >= 0.6 is 11.6 Å². The van der Waals surface area contributed by atoms with E-state index in [-0.39, 0.29) is 46.0 Å². The Bertz CT molecular complexity index is 2210. The number of pyridine rings is 2. The Balaban J connectivity index is 1.22. The van der Waals surface area contributed by atoms with Crippen LogP contribution in [0.4, 0.5) is 8.78 Å². The van der Waals surface area contributed by atoms with E-state index in [1.165, 1.54) is 6.07 Å². The number of rotatable bonds is 10. The largest absolute Gasteiger partial charge is 0.489 e. The topological polar surface area (TPSA) is 141 Å². The molecule has 0 saturated heterocycles. The second-order valence-electron chi connectivity index (χ2n) is 13.5. The Hall–Kier alpha value is -5.07. The van der Waals surface area contributed by atoms with Crippen molar-refractivity contribution in [3.63, 3.8) is 0 Å².